The predicted octanol–water partition coefficient (Wildman–Crippen LogP) is 3.15. The Bertz CT molecular complexity index is 504. The van der Waals surface area contributed by atoms with E-state index in [1.807, 2.05) is 12.1 Å². The highest BCUT2D eigenvalue weighted by Crippen LogP contribution is 2.26. The molecule has 2 aromatic rings. The summed E-state index contributed by atoms with van der Waals surface area (Å²) in [6.07, 6.45) is 3.00. The van der Waals surface area contributed by atoms with Crippen molar-refractivity contribution in [3.8, 4) is 0 Å². The summed E-state index contributed by atoms with van der Waals surface area (Å²) >= 11 is 5.88. The number of halogens is 2. The lowest BCUT2D eigenvalue weighted by Crippen LogP contribution is -2.02. The highest BCUT2D eigenvalue weighted by molar-refractivity contribution is 6.31. The van der Waals surface area contributed by atoms with Crippen LogP contribution in [0.4, 0.5) is 4.39 Å². The fraction of sp³-hybridized carbons (Fsp3) is 0.154. The molecule has 0 aliphatic carbocycles. The van der Waals surface area contributed by atoms with Gasteiger partial charge in [-0.3, -0.25) is 4.98 Å². The van der Waals surface area contributed by atoms with Crippen molar-refractivity contribution >= 4 is 11.6 Å². The monoisotopic (exact) mass is 251 g/mol. The topological polar surface area (TPSA) is 33.1 Å². The molecule has 17 heavy (non-hydrogen) atoms. The van der Waals surface area contributed by atoms with Gasteiger partial charge in [0.2, 0.25) is 0 Å². The van der Waals surface area contributed by atoms with Crippen molar-refractivity contribution in [2.75, 3.05) is 0 Å². The second-order valence-electron chi connectivity index (χ2n) is 3.74. The van der Waals surface area contributed by atoms with E-state index in [1.165, 1.54) is 18.2 Å². The minimum Gasteiger partial charge on any atom is -0.388 e. The molecule has 0 aliphatic rings. The zero-order valence-corrected chi connectivity index (χ0v) is 9.73. The first-order valence-electron chi connectivity index (χ1n) is 5.19. The summed E-state index contributed by atoms with van der Waals surface area (Å²) < 4.78 is 12.9. The van der Waals surface area contributed by atoms with Gasteiger partial charge in [0, 0.05) is 23.8 Å². The maximum absolute atomic E-state index is 12.9. The summed E-state index contributed by atoms with van der Waals surface area (Å²) in [5.74, 6) is -0.408. The Morgan fingerprint density at radius 1 is 1.24 bits per heavy atom. The Morgan fingerprint density at radius 2 is 1.94 bits per heavy atom. The van der Waals surface area contributed by atoms with Crippen LogP contribution in [0, 0.1) is 5.82 Å². The Kier molecular flexibility index (Phi) is 3.71. The van der Waals surface area contributed by atoms with Gasteiger partial charge in [0.1, 0.15) is 5.82 Å². The number of aliphatic hydroxyl groups excluding tert-OH is 1. The maximum Gasteiger partial charge on any atom is 0.124 e. The molecular weight excluding hydrogens is 241 g/mol. The fourth-order valence-corrected chi connectivity index (χ4v) is 1.92. The lowest BCUT2D eigenvalue weighted by molar-refractivity contribution is 0.178. The predicted molar refractivity (Wildman–Crippen MR) is 64.3 cm³/mol. The minimum absolute atomic E-state index is 0.242. The number of hydrogen-bond donors (Lipinski definition) is 1. The van der Waals surface area contributed by atoms with Crippen molar-refractivity contribution in [2.45, 2.75) is 12.5 Å². The standard InChI is InChI=1S/C13H11ClFNO/c14-12-8-10(15)1-2-11(12)13(17)7-9-3-5-16-6-4-9/h1-6,8,13,17H,7H2. The quantitative estimate of drug-likeness (QED) is 0.909. The maximum atomic E-state index is 12.9. The van der Waals surface area contributed by atoms with Crippen LogP contribution in [-0.4, -0.2) is 10.1 Å². The molecular formula is C13H11ClFNO. The zero-order valence-electron chi connectivity index (χ0n) is 8.98. The first-order chi connectivity index (χ1) is 8.16. The molecule has 0 saturated heterocycles. The van der Waals surface area contributed by atoms with Crippen LogP contribution >= 0.6 is 11.6 Å². The number of aliphatic hydroxyl groups is 1. The van der Waals surface area contributed by atoms with Gasteiger partial charge in [0.25, 0.3) is 0 Å². The third kappa shape index (κ3) is 3.02. The molecule has 1 aromatic heterocycles. The SMILES string of the molecule is OC(Cc1ccncc1)c1ccc(F)cc1Cl. The first kappa shape index (κ1) is 12.0. The summed E-state index contributed by atoms with van der Waals surface area (Å²) in [7, 11) is 0. The normalized spacial score (nSPS) is 12.4. The van der Waals surface area contributed by atoms with Crippen LogP contribution < -0.4 is 0 Å². The van der Waals surface area contributed by atoms with Gasteiger partial charge >= 0.3 is 0 Å². The van der Waals surface area contributed by atoms with Crippen LogP contribution in [0.3, 0.4) is 0 Å². The smallest absolute Gasteiger partial charge is 0.124 e. The van der Waals surface area contributed by atoms with E-state index in [1.54, 1.807) is 12.4 Å². The van der Waals surface area contributed by atoms with E-state index in [9.17, 15) is 9.50 Å². The average Bonchev–Trinajstić information content (AvgIpc) is 2.30. The van der Waals surface area contributed by atoms with Gasteiger partial charge in [-0.1, -0.05) is 17.7 Å². The van der Waals surface area contributed by atoms with E-state index in [2.05, 4.69) is 4.98 Å². The molecule has 1 heterocycles. The molecule has 0 amide bonds. The van der Waals surface area contributed by atoms with Crippen molar-refractivity contribution in [3.63, 3.8) is 0 Å². The van der Waals surface area contributed by atoms with E-state index in [-0.39, 0.29) is 5.02 Å². The van der Waals surface area contributed by atoms with Crippen LogP contribution in [-0.2, 0) is 6.42 Å². The van der Waals surface area contributed by atoms with Gasteiger partial charge in [-0.25, -0.2) is 4.39 Å². The molecule has 88 valence electrons. The largest absolute Gasteiger partial charge is 0.388 e. The van der Waals surface area contributed by atoms with Crippen LogP contribution in [0.15, 0.2) is 42.7 Å². The summed E-state index contributed by atoms with van der Waals surface area (Å²) in [6, 6.07) is 7.63. The summed E-state index contributed by atoms with van der Waals surface area (Å²) in [5.41, 5.74) is 1.48. The van der Waals surface area contributed by atoms with Crippen LogP contribution in [0.5, 0.6) is 0 Å². The molecule has 1 unspecified atom stereocenters. The van der Waals surface area contributed by atoms with Crippen molar-refractivity contribution in [1.29, 1.82) is 0 Å². The van der Waals surface area contributed by atoms with Crippen molar-refractivity contribution < 1.29 is 9.50 Å². The van der Waals surface area contributed by atoms with Crippen molar-refractivity contribution in [3.05, 3.63) is 64.7 Å². The third-order valence-corrected chi connectivity index (χ3v) is 2.83. The van der Waals surface area contributed by atoms with Gasteiger partial charge in [-0.2, -0.15) is 0 Å². The minimum atomic E-state index is -0.745. The number of nitrogens with zero attached hydrogens (tertiary/aromatic N) is 1. The second-order valence-corrected chi connectivity index (χ2v) is 4.15. The highest BCUT2D eigenvalue weighted by atomic mass is 35.5. The Balaban J connectivity index is 2.17. The van der Waals surface area contributed by atoms with E-state index < -0.39 is 11.9 Å². The molecule has 1 atom stereocenters. The molecule has 2 nitrogen and oxygen atoms in total. The van der Waals surface area contributed by atoms with Gasteiger partial charge < -0.3 is 5.11 Å². The average molecular weight is 252 g/mol. The highest BCUT2D eigenvalue weighted by Gasteiger charge is 2.12. The molecule has 4 heteroatoms. The lowest BCUT2D eigenvalue weighted by atomic mass is 10.0. The molecule has 0 spiro atoms. The molecule has 1 N–H and O–H groups in total. The van der Waals surface area contributed by atoms with E-state index >= 15 is 0 Å². The number of aromatic nitrogens is 1. The molecule has 2 rings (SSSR count). The van der Waals surface area contributed by atoms with E-state index in [4.69, 9.17) is 11.6 Å². The summed E-state index contributed by atoms with van der Waals surface area (Å²) in [5, 5.41) is 10.3. The molecule has 0 radical (unpaired) electrons. The Hall–Kier alpha value is -1.45. The summed E-state index contributed by atoms with van der Waals surface area (Å²) in [4.78, 5) is 3.90. The fourth-order valence-electron chi connectivity index (χ4n) is 1.62. The van der Waals surface area contributed by atoms with Crippen molar-refractivity contribution in [2.24, 2.45) is 0 Å². The van der Waals surface area contributed by atoms with Gasteiger partial charge in [0.05, 0.1) is 6.10 Å². The molecule has 1 aromatic carbocycles. The van der Waals surface area contributed by atoms with Crippen molar-refractivity contribution in [1.82, 2.24) is 4.98 Å². The number of hydrogen-bond acceptors (Lipinski definition) is 2. The van der Waals surface area contributed by atoms with Gasteiger partial charge in [0.15, 0.2) is 0 Å². The van der Waals surface area contributed by atoms with Gasteiger partial charge in [-0.05, 0) is 35.4 Å². The molecule has 0 fully saturated rings. The van der Waals surface area contributed by atoms with E-state index in [0.717, 1.165) is 5.56 Å². The van der Waals surface area contributed by atoms with E-state index in [0.29, 0.717) is 12.0 Å². The third-order valence-electron chi connectivity index (χ3n) is 2.50. The van der Waals surface area contributed by atoms with Gasteiger partial charge in [-0.15, -0.1) is 0 Å². The number of pyridine rings is 1. The molecule has 0 bridgehead atoms. The number of benzene rings is 1. The van der Waals surface area contributed by atoms with Crippen LogP contribution in [0.1, 0.15) is 17.2 Å². The van der Waals surface area contributed by atoms with Crippen LogP contribution in [0.2, 0.25) is 5.02 Å². The lowest BCUT2D eigenvalue weighted by Gasteiger charge is -2.12. The Morgan fingerprint density at radius 3 is 2.59 bits per heavy atom. The Labute approximate surface area is 104 Å². The molecule has 0 saturated carbocycles. The number of rotatable bonds is 3. The second kappa shape index (κ2) is 5.25. The molecule has 0 aliphatic heterocycles. The summed E-state index contributed by atoms with van der Waals surface area (Å²) in [6.45, 7) is 0. The zero-order chi connectivity index (χ0) is 12.3. The first-order valence-corrected chi connectivity index (χ1v) is 5.56. The van der Waals surface area contributed by atoms with Crippen LogP contribution in [0.25, 0.3) is 0 Å².